The molecule has 0 aliphatic heterocycles. The monoisotopic (exact) mass is 316 g/mol. The second-order valence-electron chi connectivity index (χ2n) is 6.17. The summed E-state index contributed by atoms with van der Waals surface area (Å²) in [6.45, 7) is 0.565. The quantitative estimate of drug-likeness (QED) is 0.852. The van der Waals surface area contributed by atoms with E-state index in [1.165, 1.54) is 12.1 Å². The molecular formula is C17H21FN4O. The van der Waals surface area contributed by atoms with E-state index in [9.17, 15) is 9.18 Å². The van der Waals surface area contributed by atoms with Gasteiger partial charge in [-0.05, 0) is 37.6 Å². The Morgan fingerprint density at radius 2 is 2.09 bits per heavy atom. The summed E-state index contributed by atoms with van der Waals surface area (Å²) >= 11 is 0. The first-order valence-electron chi connectivity index (χ1n) is 7.74. The Balaban J connectivity index is 1.65. The van der Waals surface area contributed by atoms with Gasteiger partial charge in [0.1, 0.15) is 11.9 Å². The maximum atomic E-state index is 13.1. The second-order valence-corrected chi connectivity index (χ2v) is 6.17. The van der Waals surface area contributed by atoms with Crippen LogP contribution < -0.4 is 10.6 Å². The van der Waals surface area contributed by atoms with E-state index in [2.05, 4.69) is 15.7 Å². The van der Waals surface area contributed by atoms with Crippen LogP contribution in [0.5, 0.6) is 0 Å². The van der Waals surface area contributed by atoms with Crippen LogP contribution in [0.25, 0.3) is 0 Å². The number of amides is 1. The van der Waals surface area contributed by atoms with Gasteiger partial charge in [0.2, 0.25) is 5.91 Å². The van der Waals surface area contributed by atoms with Crippen molar-refractivity contribution in [1.29, 1.82) is 0 Å². The predicted octanol–water partition coefficient (Wildman–Crippen LogP) is 1.67. The Morgan fingerprint density at radius 3 is 2.61 bits per heavy atom. The summed E-state index contributed by atoms with van der Waals surface area (Å²) < 4.78 is 14.7. The molecule has 0 bridgehead atoms. The van der Waals surface area contributed by atoms with Crippen molar-refractivity contribution >= 4 is 5.91 Å². The van der Waals surface area contributed by atoms with E-state index in [0.29, 0.717) is 6.54 Å². The van der Waals surface area contributed by atoms with Crippen molar-refractivity contribution in [2.75, 3.05) is 13.6 Å². The Kier molecular flexibility index (Phi) is 4.17. The van der Waals surface area contributed by atoms with Gasteiger partial charge in [0, 0.05) is 30.8 Å². The smallest absolute Gasteiger partial charge is 0.241 e. The number of rotatable bonds is 6. The lowest BCUT2D eigenvalue weighted by atomic mass is 9.95. The summed E-state index contributed by atoms with van der Waals surface area (Å²) in [5, 5.41) is 10.2. The van der Waals surface area contributed by atoms with E-state index in [0.717, 1.165) is 24.0 Å². The summed E-state index contributed by atoms with van der Waals surface area (Å²) in [6, 6.07) is 6.15. The Morgan fingerprint density at radius 1 is 1.39 bits per heavy atom. The fourth-order valence-electron chi connectivity index (χ4n) is 2.92. The third kappa shape index (κ3) is 3.27. The lowest BCUT2D eigenvalue weighted by Crippen LogP contribution is -2.39. The van der Waals surface area contributed by atoms with Crippen LogP contribution in [0, 0.1) is 5.82 Å². The minimum Gasteiger partial charge on any atom is -0.354 e. The number of carbonyl (C=O) groups excluding carboxylic acids is 1. The molecule has 1 heterocycles. The largest absolute Gasteiger partial charge is 0.354 e. The van der Waals surface area contributed by atoms with Crippen LogP contribution >= 0.6 is 0 Å². The first-order valence-corrected chi connectivity index (χ1v) is 7.74. The molecule has 0 saturated heterocycles. The number of nitrogens with one attached hydrogen (secondary N) is 2. The zero-order valence-electron chi connectivity index (χ0n) is 13.3. The summed E-state index contributed by atoms with van der Waals surface area (Å²) in [4.78, 5) is 12.5. The fourth-order valence-corrected chi connectivity index (χ4v) is 2.92. The van der Waals surface area contributed by atoms with Crippen LogP contribution in [0.15, 0.2) is 36.7 Å². The van der Waals surface area contributed by atoms with Crippen molar-refractivity contribution < 1.29 is 9.18 Å². The molecule has 1 aliphatic rings. The molecule has 1 atom stereocenters. The second kappa shape index (κ2) is 6.12. The van der Waals surface area contributed by atoms with Gasteiger partial charge in [-0.2, -0.15) is 5.10 Å². The van der Waals surface area contributed by atoms with Gasteiger partial charge < -0.3 is 10.6 Å². The molecule has 1 fully saturated rings. The number of aromatic nitrogens is 2. The summed E-state index contributed by atoms with van der Waals surface area (Å²) in [5.74, 6) is -0.311. The minimum absolute atomic E-state index is 0.0451. The molecule has 122 valence electrons. The van der Waals surface area contributed by atoms with E-state index >= 15 is 0 Å². The van der Waals surface area contributed by atoms with Gasteiger partial charge in [-0.3, -0.25) is 9.48 Å². The molecule has 5 nitrogen and oxygen atoms in total. The first kappa shape index (κ1) is 15.7. The Hall–Kier alpha value is -2.21. The molecule has 1 aliphatic carbocycles. The van der Waals surface area contributed by atoms with Crippen molar-refractivity contribution in [2.24, 2.45) is 7.05 Å². The first-order chi connectivity index (χ1) is 11.0. The highest BCUT2D eigenvalue weighted by molar-refractivity contribution is 5.83. The van der Waals surface area contributed by atoms with Crippen LogP contribution in [0.3, 0.4) is 0 Å². The Labute approximate surface area is 134 Å². The molecule has 23 heavy (non-hydrogen) atoms. The van der Waals surface area contributed by atoms with Crippen LogP contribution in [0.1, 0.15) is 30.0 Å². The molecule has 2 N–H and O–H groups in total. The highest BCUT2D eigenvalue weighted by Gasteiger charge is 2.44. The molecule has 1 amide bonds. The van der Waals surface area contributed by atoms with E-state index in [1.54, 1.807) is 17.9 Å². The summed E-state index contributed by atoms with van der Waals surface area (Å²) in [6.07, 6.45) is 5.53. The van der Waals surface area contributed by atoms with Crippen molar-refractivity contribution in [3.05, 3.63) is 53.6 Å². The fraction of sp³-hybridized carbons (Fsp3) is 0.412. The molecule has 6 heteroatoms. The molecule has 1 unspecified atom stereocenters. The lowest BCUT2D eigenvalue weighted by Gasteiger charge is -2.20. The average Bonchev–Trinajstić information content (AvgIpc) is 3.22. The Bertz CT molecular complexity index is 691. The van der Waals surface area contributed by atoms with Gasteiger partial charge in [0.25, 0.3) is 0 Å². The number of hydrogen-bond donors (Lipinski definition) is 2. The van der Waals surface area contributed by atoms with Crippen LogP contribution in [-0.2, 0) is 17.3 Å². The van der Waals surface area contributed by atoms with Gasteiger partial charge in [0.05, 0.1) is 6.20 Å². The number of likely N-dealkylation sites (N-methyl/N-ethyl adjacent to an activating group) is 1. The number of benzene rings is 1. The number of nitrogens with zero attached hydrogens (tertiary/aromatic N) is 2. The molecule has 3 rings (SSSR count). The third-order valence-corrected chi connectivity index (χ3v) is 4.52. The number of aryl methyl sites for hydroxylation is 1. The molecule has 1 saturated carbocycles. The molecule has 1 aromatic carbocycles. The molecule has 2 aromatic rings. The minimum atomic E-state index is -0.423. The average molecular weight is 316 g/mol. The predicted molar refractivity (Wildman–Crippen MR) is 85.3 cm³/mol. The van der Waals surface area contributed by atoms with E-state index < -0.39 is 6.04 Å². The molecule has 0 radical (unpaired) electrons. The van der Waals surface area contributed by atoms with Crippen molar-refractivity contribution in [3.63, 3.8) is 0 Å². The van der Waals surface area contributed by atoms with Gasteiger partial charge in [-0.15, -0.1) is 0 Å². The van der Waals surface area contributed by atoms with E-state index in [4.69, 9.17) is 0 Å². The van der Waals surface area contributed by atoms with E-state index in [-0.39, 0.29) is 17.1 Å². The van der Waals surface area contributed by atoms with Crippen LogP contribution in [0.4, 0.5) is 4.39 Å². The van der Waals surface area contributed by atoms with Crippen LogP contribution in [-0.4, -0.2) is 29.3 Å². The highest BCUT2D eigenvalue weighted by atomic mass is 19.1. The number of halogens is 1. The zero-order chi connectivity index (χ0) is 16.4. The maximum absolute atomic E-state index is 13.1. The topological polar surface area (TPSA) is 59.0 Å². The van der Waals surface area contributed by atoms with Crippen molar-refractivity contribution in [3.8, 4) is 0 Å². The van der Waals surface area contributed by atoms with Gasteiger partial charge >= 0.3 is 0 Å². The van der Waals surface area contributed by atoms with Gasteiger partial charge in [-0.25, -0.2) is 4.39 Å². The highest BCUT2D eigenvalue weighted by Crippen LogP contribution is 2.47. The van der Waals surface area contributed by atoms with Crippen molar-refractivity contribution in [1.82, 2.24) is 20.4 Å². The van der Waals surface area contributed by atoms with Crippen molar-refractivity contribution in [2.45, 2.75) is 24.3 Å². The lowest BCUT2D eigenvalue weighted by molar-refractivity contribution is -0.123. The number of hydrogen-bond acceptors (Lipinski definition) is 3. The standard InChI is InChI=1S/C17H21FN4O/c1-19-15(12-9-21-22(2)10-12)16(23)20-11-17(7-8-17)13-3-5-14(18)6-4-13/h3-6,9-10,15,19H,7-8,11H2,1-2H3,(H,20,23). The summed E-state index contributed by atoms with van der Waals surface area (Å²) in [7, 11) is 3.58. The molecule has 0 spiro atoms. The summed E-state index contributed by atoms with van der Waals surface area (Å²) in [5.41, 5.74) is 1.87. The SMILES string of the molecule is CNC(C(=O)NCC1(c2ccc(F)cc2)CC1)c1cnn(C)c1. The normalized spacial score (nSPS) is 16.8. The molecular weight excluding hydrogens is 295 g/mol. The van der Waals surface area contributed by atoms with Crippen LogP contribution in [0.2, 0.25) is 0 Å². The van der Waals surface area contributed by atoms with E-state index in [1.807, 2.05) is 25.4 Å². The third-order valence-electron chi connectivity index (χ3n) is 4.52. The number of carbonyl (C=O) groups is 1. The van der Waals surface area contributed by atoms with Gasteiger partial charge in [-0.1, -0.05) is 12.1 Å². The zero-order valence-corrected chi connectivity index (χ0v) is 13.3. The molecule has 1 aromatic heterocycles. The van der Waals surface area contributed by atoms with Gasteiger partial charge in [0.15, 0.2) is 0 Å². The maximum Gasteiger partial charge on any atom is 0.241 e.